The van der Waals surface area contributed by atoms with E-state index in [1.807, 2.05) is 0 Å². The first-order valence-corrected chi connectivity index (χ1v) is 10.9. The minimum Gasteiger partial charge on any atom is -0.179 e. The van der Waals surface area contributed by atoms with Crippen molar-refractivity contribution in [2.75, 3.05) is 5.75 Å². The van der Waals surface area contributed by atoms with Crippen LogP contribution in [0.25, 0.3) is 0 Å². The van der Waals surface area contributed by atoms with E-state index in [2.05, 4.69) is 49.5 Å². The second-order valence-corrected chi connectivity index (χ2v) is 7.45. The van der Waals surface area contributed by atoms with Crippen molar-refractivity contribution in [1.82, 2.24) is 0 Å². The first kappa shape index (κ1) is 21.0. The summed E-state index contributed by atoms with van der Waals surface area (Å²) in [6, 6.07) is 8.95. The maximum atomic E-state index is 4.30. The molecule has 1 rings (SSSR count). The lowest BCUT2D eigenvalue weighted by atomic mass is 10.0. The van der Waals surface area contributed by atoms with Crippen LogP contribution in [0.3, 0.4) is 0 Å². The third-order valence-electron chi connectivity index (χ3n) is 4.58. The number of aryl methyl sites for hydroxylation is 1. The first-order valence-electron chi connectivity index (χ1n) is 9.66. The summed E-state index contributed by atoms with van der Waals surface area (Å²) in [4.78, 5) is 0. The van der Waals surface area contributed by atoms with Crippen LogP contribution < -0.4 is 0 Å². The van der Waals surface area contributed by atoms with Gasteiger partial charge < -0.3 is 0 Å². The first-order chi connectivity index (χ1) is 11.4. The third kappa shape index (κ3) is 12.0. The predicted molar refractivity (Wildman–Crippen MR) is 112 cm³/mol. The van der Waals surface area contributed by atoms with Crippen LogP contribution in [-0.4, -0.2) is 5.75 Å². The molecule has 2 heteroatoms. The fourth-order valence-corrected chi connectivity index (χ4v) is 3.45. The zero-order chi connectivity index (χ0) is 16.6. The zero-order valence-corrected chi connectivity index (χ0v) is 16.6. The molecule has 0 spiro atoms. The van der Waals surface area contributed by atoms with Crippen molar-refractivity contribution >= 4 is 25.3 Å². The molecule has 0 fully saturated rings. The van der Waals surface area contributed by atoms with Crippen molar-refractivity contribution in [3.8, 4) is 0 Å². The molecule has 0 aliphatic rings. The molecule has 1 aromatic carbocycles. The van der Waals surface area contributed by atoms with Gasteiger partial charge in [-0.1, -0.05) is 88.5 Å². The molecule has 0 heterocycles. The van der Waals surface area contributed by atoms with Gasteiger partial charge in [-0.05, 0) is 36.1 Å². The molecule has 0 atom stereocenters. The molecule has 0 saturated carbocycles. The highest BCUT2D eigenvalue weighted by atomic mass is 32.1. The van der Waals surface area contributed by atoms with Crippen LogP contribution in [0.15, 0.2) is 24.3 Å². The lowest BCUT2D eigenvalue weighted by Gasteiger charge is -2.04. The van der Waals surface area contributed by atoms with Crippen molar-refractivity contribution in [3.63, 3.8) is 0 Å². The summed E-state index contributed by atoms with van der Waals surface area (Å²) in [6.07, 6.45) is 18.1. The quantitative estimate of drug-likeness (QED) is 0.241. The fraction of sp³-hybridized carbons (Fsp3) is 0.714. The molecule has 0 saturated heterocycles. The van der Waals surface area contributed by atoms with Gasteiger partial charge in [0.15, 0.2) is 0 Å². The van der Waals surface area contributed by atoms with Crippen LogP contribution in [0.4, 0.5) is 0 Å². The molecule has 0 bridgehead atoms. The fourth-order valence-electron chi connectivity index (χ4n) is 3.02. The van der Waals surface area contributed by atoms with Crippen LogP contribution in [0, 0.1) is 0 Å². The smallest absolute Gasteiger partial charge is 0.0154 e. The Morgan fingerprint density at radius 3 is 1.30 bits per heavy atom. The average Bonchev–Trinajstić information content (AvgIpc) is 2.59. The molecule has 0 aliphatic carbocycles. The molecule has 0 radical (unpaired) electrons. The van der Waals surface area contributed by atoms with E-state index in [9.17, 15) is 0 Å². The van der Waals surface area contributed by atoms with E-state index >= 15 is 0 Å². The van der Waals surface area contributed by atoms with Gasteiger partial charge in [0.25, 0.3) is 0 Å². The summed E-state index contributed by atoms with van der Waals surface area (Å²) in [5.41, 5.74) is 2.80. The second kappa shape index (κ2) is 15.4. The van der Waals surface area contributed by atoms with Crippen molar-refractivity contribution in [3.05, 3.63) is 35.4 Å². The van der Waals surface area contributed by atoms with Crippen LogP contribution >= 0.6 is 25.3 Å². The van der Waals surface area contributed by atoms with Gasteiger partial charge in [0.1, 0.15) is 0 Å². The summed E-state index contributed by atoms with van der Waals surface area (Å²) < 4.78 is 0. The van der Waals surface area contributed by atoms with Gasteiger partial charge in [-0.25, -0.2) is 0 Å². The monoisotopic (exact) mass is 352 g/mol. The lowest BCUT2D eigenvalue weighted by Crippen LogP contribution is -1.87. The molecule has 0 aromatic heterocycles. The van der Waals surface area contributed by atoms with Crippen molar-refractivity contribution in [2.45, 2.75) is 89.2 Å². The Bertz CT molecular complexity index is 359. The van der Waals surface area contributed by atoms with Gasteiger partial charge in [0.05, 0.1) is 0 Å². The van der Waals surface area contributed by atoms with E-state index in [1.54, 1.807) is 0 Å². The second-order valence-electron chi connectivity index (χ2n) is 6.69. The van der Waals surface area contributed by atoms with E-state index in [-0.39, 0.29) is 0 Å². The SMILES string of the molecule is SCCCCCCCCCCCCCCc1ccc(CS)cc1. The Morgan fingerprint density at radius 2 is 0.870 bits per heavy atom. The van der Waals surface area contributed by atoms with Crippen molar-refractivity contribution in [1.29, 1.82) is 0 Å². The zero-order valence-electron chi connectivity index (χ0n) is 14.8. The van der Waals surface area contributed by atoms with Gasteiger partial charge in [0.2, 0.25) is 0 Å². The molecule has 0 amide bonds. The van der Waals surface area contributed by atoms with Gasteiger partial charge in [-0.15, -0.1) is 0 Å². The van der Waals surface area contributed by atoms with E-state index in [0.29, 0.717) is 0 Å². The number of benzene rings is 1. The highest BCUT2D eigenvalue weighted by Crippen LogP contribution is 2.14. The van der Waals surface area contributed by atoms with Crippen LogP contribution in [0.2, 0.25) is 0 Å². The van der Waals surface area contributed by atoms with Gasteiger partial charge in [-0.2, -0.15) is 25.3 Å². The van der Waals surface area contributed by atoms with E-state index in [1.165, 1.54) is 94.6 Å². The molecule has 132 valence electrons. The largest absolute Gasteiger partial charge is 0.179 e. The molecule has 23 heavy (non-hydrogen) atoms. The third-order valence-corrected chi connectivity index (χ3v) is 5.26. The molecular weight excluding hydrogens is 316 g/mol. The number of unbranched alkanes of at least 4 members (excludes halogenated alkanes) is 11. The van der Waals surface area contributed by atoms with Crippen molar-refractivity contribution in [2.24, 2.45) is 0 Å². The summed E-state index contributed by atoms with van der Waals surface area (Å²) in [7, 11) is 0. The number of rotatable bonds is 15. The van der Waals surface area contributed by atoms with Crippen LogP contribution in [-0.2, 0) is 12.2 Å². The summed E-state index contributed by atoms with van der Waals surface area (Å²) >= 11 is 8.55. The van der Waals surface area contributed by atoms with Gasteiger partial charge in [0, 0.05) is 5.75 Å². The Morgan fingerprint density at radius 1 is 0.478 bits per heavy atom. The Labute approximate surface area is 155 Å². The molecular formula is C21H36S2. The average molecular weight is 353 g/mol. The van der Waals surface area contributed by atoms with E-state index < -0.39 is 0 Å². The minimum atomic E-state index is 0.843. The Hall–Kier alpha value is -0.0800. The topological polar surface area (TPSA) is 0 Å². The molecule has 1 aromatic rings. The molecule has 0 unspecified atom stereocenters. The number of thiol groups is 2. The molecule has 0 N–H and O–H groups in total. The minimum absolute atomic E-state index is 0.843. The summed E-state index contributed by atoms with van der Waals surface area (Å²) in [5.74, 6) is 1.90. The summed E-state index contributed by atoms with van der Waals surface area (Å²) in [6.45, 7) is 0. The number of hydrogen-bond donors (Lipinski definition) is 2. The highest BCUT2D eigenvalue weighted by Gasteiger charge is 1.96. The maximum absolute atomic E-state index is 4.30. The lowest BCUT2D eigenvalue weighted by molar-refractivity contribution is 0.544. The molecule has 0 aliphatic heterocycles. The van der Waals surface area contributed by atoms with Crippen LogP contribution in [0.1, 0.15) is 88.2 Å². The van der Waals surface area contributed by atoms with Crippen molar-refractivity contribution < 1.29 is 0 Å². The predicted octanol–water partition coefficient (Wildman–Crippen LogP) is 7.27. The summed E-state index contributed by atoms with van der Waals surface area (Å²) in [5, 5.41) is 0. The Balaban J connectivity index is 1.82. The van der Waals surface area contributed by atoms with E-state index in [0.717, 1.165) is 11.5 Å². The Kier molecular flexibility index (Phi) is 14.1. The standard InChI is InChI=1S/C21H36S2/c22-18-12-10-8-6-4-2-1-3-5-7-9-11-13-20-14-16-21(19-23)17-15-20/h14-17,22-23H,1-13,18-19H2. The van der Waals surface area contributed by atoms with Crippen LogP contribution in [0.5, 0.6) is 0 Å². The normalized spacial score (nSPS) is 11.0. The van der Waals surface area contributed by atoms with Gasteiger partial charge in [-0.3, -0.25) is 0 Å². The number of hydrogen-bond acceptors (Lipinski definition) is 2. The molecule has 0 nitrogen and oxygen atoms in total. The van der Waals surface area contributed by atoms with Gasteiger partial charge >= 0.3 is 0 Å². The highest BCUT2D eigenvalue weighted by molar-refractivity contribution is 7.80. The maximum Gasteiger partial charge on any atom is 0.0154 e. The van der Waals surface area contributed by atoms with E-state index in [4.69, 9.17) is 0 Å².